The molecule has 0 aromatic rings. The number of unbranched alkanes of at least 4 members (excludes halogenated alkanes) is 36. The molecule has 0 aromatic carbocycles. The Hall–Kier alpha value is -2.37. The topological polar surface area (TPSA) is 78.9 Å². The van der Waals surface area contributed by atoms with Gasteiger partial charge in [0.2, 0.25) is 0 Å². The van der Waals surface area contributed by atoms with Crippen LogP contribution >= 0.6 is 0 Å². The Morgan fingerprint density at radius 1 is 0.303 bits per heavy atom. The lowest BCUT2D eigenvalue weighted by molar-refractivity contribution is -0.167. The molecule has 1 atom stereocenters. The van der Waals surface area contributed by atoms with E-state index in [0.29, 0.717) is 19.3 Å². The molecule has 66 heavy (non-hydrogen) atoms. The van der Waals surface area contributed by atoms with Crippen LogP contribution in [0, 0.1) is 0 Å². The summed E-state index contributed by atoms with van der Waals surface area (Å²) in [6.07, 6.45) is 66.2. The normalized spacial score (nSPS) is 12.2. The summed E-state index contributed by atoms with van der Waals surface area (Å²) < 4.78 is 16.7. The molecule has 0 radical (unpaired) electrons. The van der Waals surface area contributed by atoms with Crippen molar-refractivity contribution in [1.82, 2.24) is 0 Å². The Balaban J connectivity index is 4.06. The van der Waals surface area contributed by atoms with E-state index in [1.54, 1.807) is 0 Å². The maximum Gasteiger partial charge on any atom is 0.306 e. The molecule has 0 spiro atoms. The minimum absolute atomic E-state index is 0.0744. The average Bonchev–Trinajstić information content (AvgIpc) is 3.31. The lowest BCUT2D eigenvalue weighted by Crippen LogP contribution is -2.30. The third-order valence-corrected chi connectivity index (χ3v) is 12.9. The van der Waals surface area contributed by atoms with Crippen LogP contribution < -0.4 is 0 Å². The van der Waals surface area contributed by atoms with E-state index in [0.717, 1.165) is 83.5 Å². The summed E-state index contributed by atoms with van der Waals surface area (Å²) in [6.45, 7) is 6.56. The molecule has 0 saturated heterocycles. The van der Waals surface area contributed by atoms with Crippen molar-refractivity contribution in [3.63, 3.8) is 0 Å². The maximum atomic E-state index is 12.8. The van der Waals surface area contributed by atoms with Gasteiger partial charge in [0, 0.05) is 19.3 Å². The van der Waals surface area contributed by atoms with E-state index in [2.05, 4.69) is 57.2 Å². The Bertz CT molecular complexity index is 1110. The second-order valence-electron chi connectivity index (χ2n) is 19.6. The zero-order valence-corrected chi connectivity index (χ0v) is 44.2. The minimum Gasteiger partial charge on any atom is -0.462 e. The lowest BCUT2D eigenvalue weighted by atomic mass is 10.0. The number of carbonyl (C=O) groups is 3. The van der Waals surface area contributed by atoms with Gasteiger partial charge in [-0.1, -0.05) is 269 Å². The molecule has 0 heterocycles. The van der Waals surface area contributed by atoms with Crippen molar-refractivity contribution in [3.05, 3.63) is 36.5 Å². The molecule has 0 bridgehead atoms. The zero-order valence-electron chi connectivity index (χ0n) is 44.2. The van der Waals surface area contributed by atoms with Crippen molar-refractivity contribution in [2.75, 3.05) is 13.2 Å². The van der Waals surface area contributed by atoms with Crippen LogP contribution in [0.15, 0.2) is 36.5 Å². The predicted octanol–water partition coefficient (Wildman–Crippen LogP) is 19.3. The highest BCUT2D eigenvalue weighted by Crippen LogP contribution is 2.17. The number of allylic oxidation sites excluding steroid dienone is 6. The molecular weight excluding hydrogens is 817 g/mol. The first-order valence-corrected chi connectivity index (χ1v) is 29.0. The SMILES string of the molecule is CCCCC/C=C\C/C=C\C/C=C\CCCCCCCCC(=O)OC(COC(=O)CCCCCCC)COC(=O)CCCCCCCCCCCCCCCCCCCCCCCCCC. The van der Waals surface area contributed by atoms with Gasteiger partial charge in [0.15, 0.2) is 6.10 Å². The summed E-state index contributed by atoms with van der Waals surface area (Å²) in [7, 11) is 0. The van der Waals surface area contributed by atoms with E-state index < -0.39 is 6.10 Å². The molecule has 0 N–H and O–H groups in total. The molecule has 0 amide bonds. The van der Waals surface area contributed by atoms with Crippen LogP contribution in [0.4, 0.5) is 0 Å². The first kappa shape index (κ1) is 63.6. The monoisotopic (exact) mass is 927 g/mol. The van der Waals surface area contributed by atoms with E-state index in [9.17, 15) is 14.4 Å². The number of rotatable bonds is 53. The highest BCUT2D eigenvalue weighted by Gasteiger charge is 2.19. The summed E-state index contributed by atoms with van der Waals surface area (Å²) in [6, 6.07) is 0. The molecule has 0 rings (SSSR count). The largest absolute Gasteiger partial charge is 0.462 e. The van der Waals surface area contributed by atoms with E-state index in [1.807, 2.05) is 0 Å². The van der Waals surface area contributed by atoms with Gasteiger partial charge >= 0.3 is 17.9 Å². The van der Waals surface area contributed by atoms with Crippen LogP contribution in [-0.4, -0.2) is 37.2 Å². The average molecular weight is 928 g/mol. The van der Waals surface area contributed by atoms with Crippen LogP contribution in [0.2, 0.25) is 0 Å². The maximum absolute atomic E-state index is 12.8. The molecule has 0 fully saturated rings. The first-order chi connectivity index (χ1) is 32.5. The first-order valence-electron chi connectivity index (χ1n) is 29.0. The lowest BCUT2D eigenvalue weighted by Gasteiger charge is -2.18. The van der Waals surface area contributed by atoms with Crippen LogP contribution in [0.1, 0.15) is 310 Å². The molecule has 0 aromatic heterocycles. The second kappa shape index (κ2) is 55.2. The van der Waals surface area contributed by atoms with Gasteiger partial charge < -0.3 is 14.2 Å². The van der Waals surface area contributed by atoms with E-state index in [-0.39, 0.29) is 31.1 Å². The number of esters is 3. The molecule has 1 unspecified atom stereocenters. The van der Waals surface area contributed by atoms with Gasteiger partial charge in [-0.3, -0.25) is 14.4 Å². The highest BCUT2D eigenvalue weighted by atomic mass is 16.6. The standard InChI is InChI=1S/C60H110O6/c1-4-7-10-13-15-17-19-21-23-25-27-28-29-30-31-33-34-36-38-40-42-44-47-50-53-59(62)65-56-57(55-64-58(61)52-49-46-12-9-6-3)66-60(63)54-51-48-45-43-41-39-37-35-32-26-24-22-20-18-16-14-11-8-5-2/h16,18,22,24,32,35,57H,4-15,17,19-21,23,25-31,33-34,36-56H2,1-3H3/b18-16-,24-22-,35-32-. The molecule has 6 heteroatoms. The van der Waals surface area contributed by atoms with Gasteiger partial charge in [-0.25, -0.2) is 0 Å². The smallest absolute Gasteiger partial charge is 0.306 e. The minimum atomic E-state index is -0.773. The van der Waals surface area contributed by atoms with Gasteiger partial charge in [-0.15, -0.1) is 0 Å². The highest BCUT2D eigenvalue weighted by molar-refractivity contribution is 5.71. The van der Waals surface area contributed by atoms with Crippen molar-refractivity contribution < 1.29 is 28.6 Å². The summed E-state index contributed by atoms with van der Waals surface area (Å²) in [4.78, 5) is 37.8. The Morgan fingerprint density at radius 2 is 0.545 bits per heavy atom. The number of carbonyl (C=O) groups excluding carboxylic acids is 3. The fourth-order valence-electron chi connectivity index (χ4n) is 8.51. The summed E-state index contributed by atoms with van der Waals surface area (Å²) in [5, 5.41) is 0. The quantitative estimate of drug-likeness (QED) is 0.0262. The molecule has 0 saturated carbocycles. The van der Waals surface area contributed by atoms with Crippen LogP contribution in [0.25, 0.3) is 0 Å². The molecule has 6 nitrogen and oxygen atoms in total. The Kier molecular flexibility index (Phi) is 53.2. The van der Waals surface area contributed by atoms with Crippen LogP contribution in [0.5, 0.6) is 0 Å². The summed E-state index contributed by atoms with van der Waals surface area (Å²) in [5.74, 6) is -0.886. The van der Waals surface area contributed by atoms with E-state index in [1.165, 1.54) is 186 Å². The van der Waals surface area contributed by atoms with Crippen LogP contribution in [-0.2, 0) is 28.6 Å². The van der Waals surface area contributed by atoms with Crippen molar-refractivity contribution >= 4 is 17.9 Å². The third kappa shape index (κ3) is 52.6. The van der Waals surface area contributed by atoms with Gasteiger partial charge in [-0.05, 0) is 57.8 Å². The van der Waals surface area contributed by atoms with Gasteiger partial charge in [0.05, 0.1) is 0 Å². The van der Waals surface area contributed by atoms with E-state index in [4.69, 9.17) is 14.2 Å². The fourth-order valence-corrected chi connectivity index (χ4v) is 8.51. The van der Waals surface area contributed by atoms with Crippen molar-refractivity contribution in [2.24, 2.45) is 0 Å². The second-order valence-corrected chi connectivity index (χ2v) is 19.6. The Morgan fingerprint density at radius 3 is 0.879 bits per heavy atom. The van der Waals surface area contributed by atoms with Crippen molar-refractivity contribution in [2.45, 2.75) is 316 Å². The molecular formula is C60H110O6. The van der Waals surface area contributed by atoms with Crippen molar-refractivity contribution in [3.8, 4) is 0 Å². The van der Waals surface area contributed by atoms with Crippen molar-refractivity contribution in [1.29, 1.82) is 0 Å². The van der Waals surface area contributed by atoms with Gasteiger partial charge in [0.25, 0.3) is 0 Å². The summed E-state index contributed by atoms with van der Waals surface area (Å²) in [5.41, 5.74) is 0. The number of hydrogen-bond donors (Lipinski definition) is 0. The number of hydrogen-bond acceptors (Lipinski definition) is 6. The Labute approximate surface area is 410 Å². The van der Waals surface area contributed by atoms with Crippen LogP contribution in [0.3, 0.4) is 0 Å². The zero-order chi connectivity index (χ0) is 47.9. The fraction of sp³-hybridized carbons (Fsp3) is 0.850. The molecule has 0 aliphatic carbocycles. The van der Waals surface area contributed by atoms with E-state index >= 15 is 0 Å². The molecule has 0 aliphatic rings. The predicted molar refractivity (Wildman–Crippen MR) is 284 cm³/mol. The number of ether oxygens (including phenoxy) is 3. The third-order valence-electron chi connectivity index (χ3n) is 12.9. The molecule has 0 aliphatic heterocycles. The van der Waals surface area contributed by atoms with Gasteiger partial charge in [-0.2, -0.15) is 0 Å². The molecule has 386 valence electrons. The van der Waals surface area contributed by atoms with Gasteiger partial charge in [0.1, 0.15) is 13.2 Å². The summed E-state index contributed by atoms with van der Waals surface area (Å²) >= 11 is 0.